The van der Waals surface area contributed by atoms with E-state index in [1.165, 1.54) is 0 Å². The van der Waals surface area contributed by atoms with Crippen molar-refractivity contribution in [3.63, 3.8) is 0 Å². The summed E-state index contributed by atoms with van der Waals surface area (Å²) in [6, 6.07) is 0. The molecule has 0 aromatic rings. The second-order valence-corrected chi connectivity index (χ2v) is 4.03. The zero-order chi connectivity index (χ0) is 19.2. The SMILES string of the molecule is C=CC(=O)OCCO.C=CC(=O)OCCOCCOCCOCCO. The van der Waals surface area contributed by atoms with Gasteiger partial charge >= 0.3 is 11.9 Å². The van der Waals surface area contributed by atoms with Gasteiger partial charge in [-0.1, -0.05) is 13.2 Å². The Bertz CT molecular complexity index is 344. The number of rotatable bonds is 15. The summed E-state index contributed by atoms with van der Waals surface area (Å²) in [7, 11) is 0. The minimum absolute atomic E-state index is 0.0204. The average molecular weight is 364 g/mol. The van der Waals surface area contributed by atoms with Gasteiger partial charge < -0.3 is 33.9 Å². The first-order valence-corrected chi connectivity index (χ1v) is 7.65. The first kappa shape index (κ1) is 25.5. The van der Waals surface area contributed by atoms with Crippen molar-refractivity contribution < 1.29 is 43.5 Å². The van der Waals surface area contributed by atoms with Gasteiger partial charge in [0.2, 0.25) is 0 Å². The van der Waals surface area contributed by atoms with E-state index in [4.69, 9.17) is 29.2 Å². The Morgan fingerprint density at radius 1 is 0.640 bits per heavy atom. The van der Waals surface area contributed by atoms with Crippen molar-refractivity contribution in [2.45, 2.75) is 0 Å². The molecule has 146 valence electrons. The van der Waals surface area contributed by atoms with Crippen LogP contribution in [0.25, 0.3) is 0 Å². The standard InChI is InChI=1S/C11H20O6.C5H8O3/c1-2-11(13)17-10-9-16-8-7-15-6-5-14-4-3-12;1-2-5(7)8-4-3-6/h2,12H,1,3-10H2;2,6H,1,3-4H2. The largest absolute Gasteiger partial charge is 0.460 e. The molecule has 2 N–H and O–H groups in total. The number of hydrogen-bond acceptors (Lipinski definition) is 9. The van der Waals surface area contributed by atoms with Crippen LogP contribution in [-0.4, -0.2) is 88.2 Å². The molecule has 9 heteroatoms. The van der Waals surface area contributed by atoms with Crippen LogP contribution in [0, 0.1) is 0 Å². The van der Waals surface area contributed by atoms with Crippen LogP contribution in [0.3, 0.4) is 0 Å². The zero-order valence-electron chi connectivity index (χ0n) is 14.4. The van der Waals surface area contributed by atoms with Gasteiger partial charge in [-0.3, -0.25) is 0 Å². The Morgan fingerprint density at radius 2 is 1.00 bits per heavy atom. The minimum atomic E-state index is -0.501. The third-order valence-electron chi connectivity index (χ3n) is 2.12. The van der Waals surface area contributed by atoms with Gasteiger partial charge in [-0.2, -0.15) is 0 Å². The zero-order valence-corrected chi connectivity index (χ0v) is 14.4. The maximum Gasteiger partial charge on any atom is 0.330 e. The van der Waals surface area contributed by atoms with Crippen LogP contribution in [0.4, 0.5) is 0 Å². The fourth-order valence-corrected chi connectivity index (χ4v) is 1.07. The number of esters is 2. The number of aliphatic hydroxyl groups excluding tert-OH is 2. The molecule has 0 aliphatic carbocycles. The van der Waals surface area contributed by atoms with Gasteiger partial charge in [0.1, 0.15) is 13.2 Å². The second kappa shape index (κ2) is 22.2. The third-order valence-corrected chi connectivity index (χ3v) is 2.12. The molecule has 0 aliphatic heterocycles. The highest BCUT2D eigenvalue weighted by atomic mass is 16.6. The molecule has 0 fully saturated rings. The summed E-state index contributed by atoms with van der Waals surface area (Å²) in [5.74, 6) is -0.954. The van der Waals surface area contributed by atoms with Gasteiger partial charge in [0, 0.05) is 12.2 Å². The lowest BCUT2D eigenvalue weighted by atomic mass is 10.6. The lowest BCUT2D eigenvalue weighted by Crippen LogP contribution is -2.13. The number of carbonyl (C=O) groups is 2. The predicted octanol–water partition coefficient (Wildman–Crippen LogP) is -0.534. The van der Waals surface area contributed by atoms with E-state index in [2.05, 4.69) is 17.9 Å². The Balaban J connectivity index is 0. The van der Waals surface area contributed by atoms with E-state index in [9.17, 15) is 9.59 Å². The highest BCUT2D eigenvalue weighted by Crippen LogP contribution is 1.83. The summed E-state index contributed by atoms with van der Waals surface area (Å²) in [6.45, 7) is 9.05. The number of hydrogen-bond donors (Lipinski definition) is 2. The second-order valence-electron chi connectivity index (χ2n) is 4.03. The molecular formula is C16H28O9. The van der Waals surface area contributed by atoms with Crippen LogP contribution >= 0.6 is 0 Å². The van der Waals surface area contributed by atoms with Crippen molar-refractivity contribution in [3.8, 4) is 0 Å². The molecular weight excluding hydrogens is 336 g/mol. The van der Waals surface area contributed by atoms with E-state index >= 15 is 0 Å². The Morgan fingerprint density at radius 3 is 1.40 bits per heavy atom. The third kappa shape index (κ3) is 24.6. The van der Waals surface area contributed by atoms with E-state index in [0.717, 1.165) is 12.2 Å². The lowest BCUT2D eigenvalue weighted by Gasteiger charge is -2.06. The first-order valence-electron chi connectivity index (χ1n) is 7.65. The summed E-state index contributed by atoms with van der Waals surface area (Å²) in [5, 5.41) is 16.5. The van der Waals surface area contributed by atoms with Crippen molar-refractivity contribution >= 4 is 11.9 Å². The molecule has 0 saturated heterocycles. The quantitative estimate of drug-likeness (QED) is 0.224. The van der Waals surface area contributed by atoms with E-state index in [-0.39, 0.29) is 26.4 Å². The molecule has 0 rings (SSSR count). The highest BCUT2D eigenvalue weighted by molar-refractivity contribution is 5.81. The molecule has 0 saturated carbocycles. The molecule has 9 nitrogen and oxygen atoms in total. The molecule has 0 aliphatic rings. The number of carbonyl (C=O) groups excluding carboxylic acids is 2. The summed E-state index contributed by atoms with van der Waals surface area (Å²) < 4.78 is 24.3. The summed E-state index contributed by atoms with van der Waals surface area (Å²) >= 11 is 0. The van der Waals surface area contributed by atoms with Gasteiger partial charge in [-0.25, -0.2) is 9.59 Å². The molecule has 0 unspecified atom stereocenters. The topological polar surface area (TPSA) is 121 Å². The van der Waals surface area contributed by atoms with E-state index in [0.29, 0.717) is 39.6 Å². The van der Waals surface area contributed by atoms with Gasteiger partial charge in [0.25, 0.3) is 0 Å². The number of ether oxygens (including phenoxy) is 5. The minimum Gasteiger partial charge on any atom is -0.460 e. The maximum atomic E-state index is 10.6. The van der Waals surface area contributed by atoms with Crippen LogP contribution in [0.1, 0.15) is 0 Å². The maximum absolute atomic E-state index is 10.6. The molecule has 25 heavy (non-hydrogen) atoms. The van der Waals surface area contributed by atoms with E-state index in [1.54, 1.807) is 0 Å². The van der Waals surface area contributed by atoms with Gasteiger partial charge in [-0.15, -0.1) is 0 Å². The Hall–Kier alpha value is -1.78. The van der Waals surface area contributed by atoms with Crippen LogP contribution in [-0.2, 0) is 33.3 Å². The fraction of sp³-hybridized carbons (Fsp3) is 0.625. The van der Waals surface area contributed by atoms with Crippen molar-refractivity contribution in [2.24, 2.45) is 0 Å². The molecule has 0 radical (unpaired) electrons. The van der Waals surface area contributed by atoms with Crippen molar-refractivity contribution in [1.82, 2.24) is 0 Å². The van der Waals surface area contributed by atoms with Gasteiger partial charge in [-0.05, 0) is 0 Å². The Kier molecular flexibility index (Phi) is 22.6. The molecule has 0 atom stereocenters. The molecule has 0 aromatic heterocycles. The van der Waals surface area contributed by atoms with E-state index in [1.807, 2.05) is 0 Å². The average Bonchev–Trinajstić information content (AvgIpc) is 2.64. The summed E-state index contributed by atoms with van der Waals surface area (Å²) in [4.78, 5) is 20.7. The smallest absolute Gasteiger partial charge is 0.330 e. The Labute approximate surface area is 147 Å². The first-order chi connectivity index (χ1) is 12.1. The summed E-state index contributed by atoms with van der Waals surface area (Å²) in [6.07, 6.45) is 2.16. The van der Waals surface area contributed by atoms with Crippen LogP contribution < -0.4 is 0 Å². The molecule has 0 spiro atoms. The predicted molar refractivity (Wildman–Crippen MR) is 88.9 cm³/mol. The van der Waals surface area contributed by atoms with Crippen molar-refractivity contribution in [3.05, 3.63) is 25.3 Å². The fourth-order valence-electron chi connectivity index (χ4n) is 1.07. The lowest BCUT2D eigenvalue weighted by molar-refractivity contribution is -0.140. The number of aliphatic hydroxyl groups is 2. The van der Waals surface area contributed by atoms with Gasteiger partial charge in [0.15, 0.2) is 0 Å². The molecule has 0 aromatic carbocycles. The van der Waals surface area contributed by atoms with Crippen molar-refractivity contribution in [1.29, 1.82) is 0 Å². The monoisotopic (exact) mass is 364 g/mol. The highest BCUT2D eigenvalue weighted by Gasteiger charge is 1.95. The molecule has 0 amide bonds. The van der Waals surface area contributed by atoms with Crippen LogP contribution in [0.2, 0.25) is 0 Å². The van der Waals surface area contributed by atoms with Crippen LogP contribution in [0.15, 0.2) is 25.3 Å². The molecule has 0 bridgehead atoms. The van der Waals surface area contributed by atoms with E-state index < -0.39 is 11.9 Å². The molecule has 0 heterocycles. The van der Waals surface area contributed by atoms with Crippen molar-refractivity contribution in [2.75, 3.05) is 66.1 Å². The van der Waals surface area contributed by atoms with Crippen LogP contribution in [0.5, 0.6) is 0 Å². The summed E-state index contributed by atoms with van der Waals surface area (Å²) in [5.41, 5.74) is 0. The normalized spacial score (nSPS) is 9.52. The van der Waals surface area contributed by atoms with Gasteiger partial charge in [0.05, 0.1) is 52.9 Å².